The van der Waals surface area contributed by atoms with E-state index in [1.54, 1.807) is 27.8 Å². The van der Waals surface area contributed by atoms with E-state index in [1.807, 2.05) is 30.3 Å². The number of fused-ring (bicyclic) bond motifs is 1. The minimum atomic E-state index is -0.700. The van der Waals surface area contributed by atoms with Crippen LogP contribution in [-0.4, -0.2) is 21.9 Å². The zero-order valence-corrected chi connectivity index (χ0v) is 15.8. The highest BCUT2D eigenvalue weighted by Crippen LogP contribution is 2.23. The number of amides is 1. The van der Waals surface area contributed by atoms with Crippen molar-refractivity contribution in [1.29, 1.82) is 0 Å². The molecule has 28 heavy (non-hydrogen) atoms. The second-order valence-corrected chi connectivity index (χ2v) is 7.26. The van der Waals surface area contributed by atoms with E-state index >= 15 is 0 Å². The van der Waals surface area contributed by atoms with Crippen molar-refractivity contribution in [2.24, 2.45) is 0 Å². The zero-order valence-electron chi connectivity index (χ0n) is 15.1. The lowest BCUT2D eigenvalue weighted by molar-refractivity contribution is 0.0729. The van der Waals surface area contributed by atoms with Crippen LogP contribution in [0.3, 0.4) is 0 Å². The summed E-state index contributed by atoms with van der Waals surface area (Å²) in [7, 11) is 0. The van der Waals surface area contributed by atoms with Gasteiger partial charge in [0.25, 0.3) is 11.5 Å². The van der Waals surface area contributed by atoms with Crippen molar-refractivity contribution in [2.45, 2.75) is 19.5 Å². The van der Waals surface area contributed by atoms with Crippen molar-refractivity contribution >= 4 is 17.5 Å². The molecule has 2 heterocycles. The van der Waals surface area contributed by atoms with Crippen LogP contribution < -0.4 is 5.56 Å². The summed E-state index contributed by atoms with van der Waals surface area (Å²) < 4.78 is 15.9. The fourth-order valence-electron chi connectivity index (χ4n) is 3.49. The predicted octanol–water partition coefficient (Wildman–Crippen LogP) is 3.89. The molecule has 4 rings (SSSR count). The summed E-state index contributed by atoms with van der Waals surface area (Å²) in [6.07, 6.45) is 2.36. The molecule has 1 aliphatic heterocycles. The molecule has 6 heteroatoms. The Morgan fingerprint density at radius 1 is 1.07 bits per heavy atom. The maximum absolute atomic E-state index is 14.2. The first-order chi connectivity index (χ1) is 13.5. The quantitative estimate of drug-likeness (QED) is 0.674. The van der Waals surface area contributed by atoms with Gasteiger partial charge in [0, 0.05) is 25.4 Å². The van der Waals surface area contributed by atoms with Gasteiger partial charge in [-0.1, -0.05) is 48.0 Å². The molecule has 0 bridgehead atoms. The molecule has 0 fully saturated rings. The minimum Gasteiger partial charge on any atom is -0.334 e. The first kappa shape index (κ1) is 18.4. The number of pyridine rings is 1. The summed E-state index contributed by atoms with van der Waals surface area (Å²) in [5.41, 5.74) is 2.76. The molecule has 0 saturated heterocycles. The van der Waals surface area contributed by atoms with Crippen LogP contribution in [0.4, 0.5) is 4.39 Å². The van der Waals surface area contributed by atoms with E-state index in [0.29, 0.717) is 26.1 Å². The first-order valence-corrected chi connectivity index (χ1v) is 9.40. The normalized spacial score (nSPS) is 13.3. The molecule has 0 aliphatic carbocycles. The van der Waals surface area contributed by atoms with Gasteiger partial charge in [0.1, 0.15) is 0 Å². The van der Waals surface area contributed by atoms with Crippen LogP contribution in [-0.2, 0) is 19.5 Å². The monoisotopic (exact) mass is 396 g/mol. The number of carbonyl (C=O) groups is 1. The van der Waals surface area contributed by atoms with Gasteiger partial charge in [0.05, 0.1) is 17.1 Å². The lowest BCUT2D eigenvalue weighted by Crippen LogP contribution is -2.37. The Labute approximate surface area is 166 Å². The van der Waals surface area contributed by atoms with Gasteiger partial charge < -0.3 is 9.47 Å². The van der Waals surface area contributed by atoms with E-state index in [1.165, 1.54) is 12.1 Å². The van der Waals surface area contributed by atoms with Gasteiger partial charge in [-0.15, -0.1) is 0 Å². The third-order valence-electron chi connectivity index (χ3n) is 4.98. The third kappa shape index (κ3) is 3.58. The molecule has 0 N–H and O–H groups in total. The van der Waals surface area contributed by atoms with Crippen molar-refractivity contribution in [3.8, 4) is 0 Å². The molecule has 3 aromatic rings. The zero-order chi connectivity index (χ0) is 19.7. The number of halogens is 2. The fraction of sp³-hybridized carbons (Fsp3) is 0.182. The Bertz CT molecular complexity index is 1100. The Morgan fingerprint density at radius 3 is 2.64 bits per heavy atom. The van der Waals surface area contributed by atoms with Crippen LogP contribution in [0.2, 0.25) is 5.02 Å². The number of carbonyl (C=O) groups excluding carboxylic acids is 1. The highest BCUT2D eigenvalue weighted by molar-refractivity contribution is 6.31. The first-order valence-electron chi connectivity index (χ1n) is 9.02. The molecule has 4 nitrogen and oxygen atoms in total. The molecular formula is C22H18ClFN2O2. The van der Waals surface area contributed by atoms with Crippen molar-refractivity contribution in [3.63, 3.8) is 0 Å². The van der Waals surface area contributed by atoms with Gasteiger partial charge >= 0.3 is 0 Å². The van der Waals surface area contributed by atoms with Gasteiger partial charge in [-0.05, 0) is 35.2 Å². The third-order valence-corrected chi connectivity index (χ3v) is 5.27. The van der Waals surface area contributed by atoms with Gasteiger partial charge in [-0.2, -0.15) is 0 Å². The van der Waals surface area contributed by atoms with Crippen molar-refractivity contribution in [1.82, 2.24) is 9.47 Å². The lowest BCUT2D eigenvalue weighted by atomic mass is 10.0. The number of aromatic nitrogens is 1. The molecule has 1 amide bonds. The van der Waals surface area contributed by atoms with E-state index in [-0.39, 0.29) is 16.1 Å². The number of rotatable bonds is 3. The van der Waals surface area contributed by atoms with E-state index in [4.69, 9.17) is 11.6 Å². The number of nitrogens with zero attached hydrogens (tertiary/aromatic N) is 2. The molecule has 0 radical (unpaired) electrons. The van der Waals surface area contributed by atoms with Gasteiger partial charge in [-0.25, -0.2) is 4.39 Å². The van der Waals surface area contributed by atoms with Crippen molar-refractivity contribution < 1.29 is 9.18 Å². The Morgan fingerprint density at radius 2 is 1.86 bits per heavy atom. The maximum atomic E-state index is 14.2. The van der Waals surface area contributed by atoms with Gasteiger partial charge in [0.2, 0.25) is 0 Å². The van der Waals surface area contributed by atoms with Crippen LogP contribution in [0.25, 0.3) is 0 Å². The standard InChI is InChI=1S/C22H18ClFN2O2/c23-19-8-4-7-18(21(19)24)22(28)25-10-9-16-11-20(27)26(14-17(16)13-25)12-15-5-2-1-3-6-15/h1-8,11,14H,9-10,12-13H2. The molecule has 0 atom stereocenters. The number of hydrogen-bond donors (Lipinski definition) is 0. The molecule has 1 aliphatic rings. The summed E-state index contributed by atoms with van der Waals surface area (Å²) in [6, 6.07) is 15.8. The summed E-state index contributed by atoms with van der Waals surface area (Å²) in [4.78, 5) is 26.8. The SMILES string of the molecule is O=C(c1cccc(Cl)c1F)N1CCc2cc(=O)n(Cc3ccccc3)cc2C1. The van der Waals surface area contributed by atoms with Crippen LogP contribution in [0, 0.1) is 5.82 Å². The van der Waals surface area contributed by atoms with Gasteiger partial charge in [0.15, 0.2) is 5.82 Å². The second-order valence-electron chi connectivity index (χ2n) is 6.85. The van der Waals surface area contributed by atoms with Crippen molar-refractivity contribution in [2.75, 3.05) is 6.54 Å². The van der Waals surface area contributed by atoms with E-state index in [2.05, 4.69) is 0 Å². The van der Waals surface area contributed by atoms with Crippen LogP contribution >= 0.6 is 11.6 Å². The Balaban J connectivity index is 1.61. The second kappa shape index (κ2) is 7.60. The van der Waals surface area contributed by atoms with E-state index < -0.39 is 11.7 Å². The molecule has 142 valence electrons. The summed E-state index contributed by atoms with van der Waals surface area (Å²) in [5, 5.41) is -0.0695. The molecule has 2 aromatic carbocycles. The van der Waals surface area contributed by atoms with E-state index in [9.17, 15) is 14.0 Å². The molecule has 0 spiro atoms. The molecular weight excluding hydrogens is 379 g/mol. The fourth-order valence-corrected chi connectivity index (χ4v) is 3.67. The van der Waals surface area contributed by atoms with Crippen LogP contribution in [0.15, 0.2) is 65.6 Å². The predicted molar refractivity (Wildman–Crippen MR) is 106 cm³/mol. The average Bonchev–Trinajstić information content (AvgIpc) is 2.70. The number of hydrogen-bond acceptors (Lipinski definition) is 2. The Hall–Kier alpha value is -2.92. The topological polar surface area (TPSA) is 42.3 Å². The minimum absolute atomic E-state index is 0.0337. The largest absolute Gasteiger partial charge is 0.334 e. The maximum Gasteiger partial charge on any atom is 0.257 e. The van der Waals surface area contributed by atoms with E-state index in [0.717, 1.165) is 16.7 Å². The van der Waals surface area contributed by atoms with Crippen LogP contribution in [0.1, 0.15) is 27.0 Å². The number of benzene rings is 2. The highest BCUT2D eigenvalue weighted by atomic mass is 35.5. The average molecular weight is 397 g/mol. The summed E-state index contributed by atoms with van der Waals surface area (Å²) in [6.45, 7) is 1.22. The molecule has 0 saturated carbocycles. The summed E-state index contributed by atoms with van der Waals surface area (Å²) >= 11 is 5.81. The lowest BCUT2D eigenvalue weighted by Gasteiger charge is -2.29. The van der Waals surface area contributed by atoms with Crippen LogP contribution in [0.5, 0.6) is 0 Å². The Kier molecular flexibility index (Phi) is 5.01. The molecule has 0 unspecified atom stereocenters. The smallest absolute Gasteiger partial charge is 0.257 e. The van der Waals surface area contributed by atoms with Crippen molar-refractivity contribution in [3.05, 3.63) is 104 Å². The highest BCUT2D eigenvalue weighted by Gasteiger charge is 2.25. The summed E-state index contributed by atoms with van der Waals surface area (Å²) in [5.74, 6) is -1.10. The molecule has 1 aromatic heterocycles. The van der Waals surface area contributed by atoms with Gasteiger partial charge in [-0.3, -0.25) is 9.59 Å².